The van der Waals surface area contributed by atoms with Gasteiger partial charge >= 0.3 is 0 Å². The third kappa shape index (κ3) is 6.24. The minimum Gasteiger partial charge on any atom is -0.385 e. The van der Waals surface area contributed by atoms with Crippen molar-refractivity contribution in [2.24, 2.45) is 11.7 Å². The molecule has 0 aromatic heterocycles. The Balaban J connectivity index is 0. The van der Waals surface area contributed by atoms with Crippen LogP contribution in [0.2, 0.25) is 0 Å². The van der Waals surface area contributed by atoms with Crippen LogP contribution in [-0.4, -0.2) is 16.8 Å². The lowest BCUT2D eigenvalue weighted by molar-refractivity contribution is 0.520. The smallest absolute Gasteiger partial charge is 0.131 e. The van der Waals surface area contributed by atoms with Crippen molar-refractivity contribution in [2.45, 2.75) is 37.1 Å². The lowest BCUT2D eigenvalue weighted by atomic mass is 10.1. The van der Waals surface area contributed by atoms with Crippen molar-refractivity contribution in [1.29, 1.82) is 5.41 Å². The summed E-state index contributed by atoms with van der Waals surface area (Å²) in [6.45, 7) is 2.85. The molecule has 1 saturated carbocycles. The molecule has 0 radical (unpaired) electrons. The average molecular weight is 410 g/mol. The molecule has 0 spiro atoms. The van der Waals surface area contributed by atoms with E-state index < -0.39 is 4.45 Å². The summed E-state index contributed by atoms with van der Waals surface area (Å²) in [5, 5.41) is 10.7. The fourth-order valence-corrected chi connectivity index (χ4v) is 1.92. The molecule has 15 heavy (non-hydrogen) atoms. The largest absolute Gasteiger partial charge is 0.385 e. The van der Waals surface area contributed by atoms with E-state index in [9.17, 15) is 0 Å². The predicted molar refractivity (Wildman–Crippen MR) is 79.9 cm³/mol. The van der Waals surface area contributed by atoms with Gasteiger partial charge in [0, 0.05) is 0 Å². The van der Waals surface area contributed by atoms with Crippen LogP contribution in [-0.2, 0) is 0 Å². The standard InChI is InChI=1S/C9H18BrN3.2BrH/c1-2-13-9(10,8(11)12)6-5-7-3-4-7;;/h7,13H,2-6H2,1H3,(H3,11,12);2*1H. The Hall–Kier alpha value is 0.870. The predicted octanol–water partition coefficient (Wildman–Crippen LogP) is 2.97. The first-order valence-electron chi connectivity index (χ1n) is 4.87. The third-order valence-electron chi connectivity index (χ3n) is 2.48. The van der Waals surface area contributed by atoms with Gasteiger partial charge < -0.3 is 5.73 Å². The molecule has 3 nitrogen and oxygen atoms in total. The van der Waals surface area contributed by atoms with E-state index in [1.165, 1.54) is 12.8 Å². The van der Waals surface area contributed by atoms with Gasteiger partial charge in [0.1, 0.15) is 10.3 Å². The van der Waals surface area contributed by atoms with Crippen molar-refractivity contribution in [3.05, 3.63) is 0 Å². The second kappa shape index (κ2) is 8.03. The van der Waals surface area contributed by atoms with Crippen molar-refractivity contribution >= 4 is 55.7 Å². The van der Waals surface area contributed by atoms with Gasteiger partial charge in [-0.25, -0.2) is 0 Å². The van der Waals surface area contributed by atoms with Crippen LogP contribution in [0.5, 0.6) is 0 Å². The maximum absolute atomic E-state index is 7.48. The van der Waals surface area contributed by atoms with Gasteiger partial charge in [-0.05, 0) is 25.3 Å². The van der Waals surface area contributed by atoms with Crippen LogP contribution in [0.3, 0.4) is 0 Å². The summed E-state index contributed by atoms with van der Waals surface area (Å²) in [4.78, 5) is 0. The van der Waals surface area contributed by atoms with Crippen LogP contribution < -0.4 is 11.1 Å². The molecule has 4 N–H and O–H groups in total. The highest BCUT2D eigenvalue weighted by atomic mass is 79.9. The third-order valence-corrected chi connectivity index (χ3v) is 3.58. The van der Waals surface area contributed by atoms with Crippen LogP contribution in [0.25, 0.3) is 0 Å². The van der Waals surface area contributed by atoms with E-state index in [-0.39, 0.29) is 39.8 Å². The molecule has 0 heterocycles. The molecule has 1 atom stereocenters. The van der Waals surface area contributed by atoms with Crippen molar-refractivity contribution in [1.82, 2.24) is 5.32 Å². The van der Waals surface area contributed by atoms with Crippen LogP contribution in [0.4, 0.5) is 0 Å². The number of hydrogen-bond acceptors (Lipinski definition) is 2. The van der Waals surface area contributed by atoms with Gasteiger partial charge in [-0.2, -0.15) is 0 Å². The molecule has 1 fully saturated rings. The number of nitrogens with one attached hydrogen (secondary N) is 2. The number of hydrogen-bond donors (Lipinski definition) is 3. The SMILES string of the molecule is Br.Br.CCNC(Br)(CCC1CC1)C(=N)N. The molecule has 0 saturated heterocycles. The Kier molecular flexibility index (Phi) is 9.77. The molecule has 1 aliphatic rings. The minimum atomic E-state index is -0.454. The lowest BCUT2D eigenvalue weighted by Gasteiger charge is -2.27. The summed E-state index contributed by atoms with van der Waals surface area (Å²) in [5.41, 5.74) is 5.54. The van der Waals surface area contributed by atoms with Crippen LogP contribution in [0.1, 0.15) is 32.6 Å². The van der Waals surface area contributed by atoms with Crippen molar-refractivity contribution in [2.75, 3.05) is 6.54 Å². The van der Waals surface area contributed by atoms with Gasteiger partial charge in [0.05, 0.1) is 0 Å². The van der Waals surface area contributed by atoms with Crippen LogP contribution >= 0.6 is 49.9 Å². The van der Waals surface area contributed by atoms with Gasteiger partial charge in [0.15, 0.2) is 0 Å². The number of halogens is 3. The number of likely N-dealkylation sites (N-methyl/N-ethyl adjacent to an activating group) is 1. The second-order valence-electron chi connectivity index (χ2n) is 3.73. The molecule has 1 unspecified atom stereocenters. The highest BCUT2D eigenvalue weighted by Crippen LogP contribution is 2.36. The van der Waals surface area contributed by atoms with Crippen molar-refractivity contribution in [3.8, 4) is 0 Å². The van der Waals surface area contributed by atoms with E-state index >= 15 is 0 Å². The normalized spacial score (nSPS) is 18.3. The van der Waals surface area contributed by atoms with E-state index in [2.05, 4.69) is 21.2 Å². The van der Waals surface area contributed by atoms with E-state index in [0.717, 1.165) is 25.3 Å². The zero-order valence-electron chi connectivity index (χ0n) is 8.88. The Labute approximate surface area is 121 Å². The van der Waals surface area contributed by atoms with E-state index in [0.29, 0.717) is 0 Å². The van der Waals surface area contributed by atoms with Gasteiger partial charge in [0.25, 0.3) is 0 Å². The molecule has 0 bridgehead atoms. The molecule has 0 aliphatic heterocycles. The molecule has 0 amide bonds. The summed E-state index contributed by atoms with van der Waals surface area (Å²) in [6, 6.07) is 0. The molecule has 0 aromatic carbocycles. The summed E-state index contributed by atoms with van der Waals surface area (Å²) in [6.07, 6.45) is 4.79. The van der Waals surface area contributed by atoms with Gasteiger partial charge in [0.2, 0.25) is 0 Å². The van der Waals surface area contributed by atoms with Crippen molar-refractivity contribution < 1.29 is 0 Å². The molecular weight excluding hydrogens is 390 g/mol. The highest BCUT2D eigenvalue weighted by molar-refractivity contribution is 9.10. The summed E-state index contributed by atoms with van der Waals surface area (Å²) < 4.78 is -0.454. The maximum atomic E-state index is 7.48. The lowest BCUT2D eigenvalue weighted by Crippen LogP contribution is -2.50. The topological polar surface area (TPSA) is 61.9 Å². The van der Waals surface area contributed by atoms with Crippen LogP contribution in [0, 0.1) is 11.3 Å². The molecule has 1 aliphatic carbocycles. The molecule has 6 heteroatoms. The van der Waals surface area contributed by atoms with Gasteiger partial charge in [-0.3, -0.25) is 10.7 Å². The summed E-state index contributed by atoms with van der Waals surface area (Å²) in [7, 11) is 0. The Morgan fingerprint density at radius 1 is 1.53 bits per heavy atom. The van der Waals surface area contributed by atoms with E-state index in [1.54, 1.807) is 0 Å². The van der Waals surface area contributed by atoms with Crippen LogP contribution in [0.15, 0.2) is 0 Å². The first-order chi connectivity index (χ1) is 6.08. The number of amidine groups is 1. The van der Waals surface area contributed by atoms with Gasteiger partial charge in [-0.15, -0.1) is 34.0 Å². The first-order valence-corrected chi connectivity index (χ1v) is 5.66. The molecule has 0 aromatic rings. The maximum Gasteiger partial charge on any atom is 0.131 e. The Morgan fingerprint density at radius 2 is 2.07 bits per heavy atom. The number of rotatable bonds is 6. The average Bonchev–Trinajstić information content (AvgIpc) is 2.84. The van der Waals surface area contributed by atoms with E-state index in [1.807, 2.05) is 6.92 Å². The fourth-order valence-electron chi connectivity index (χ4n) is 1.41. The number of alkyl halides is 1. The Bertz CT molecular complexity index is 197. The zero-order chi connectivity index (χ0) is 9.90. The Morgan fingerprint density at radius 3 is 2.40 bits per heavy atom. The molecule has 92 valence electrons. The first kappa shape index (κ1) is 18.2. The van der Waals surface area contributed by atoms with Crippen molar-refractivity contribution in [3.63, 3.8) is 0 Å². The molecular formula is C9H20Br3N3. The molecule has 1 rings (SSSR count). The summed E-state index contributed by atoms with van der Waals surface area (Å²) >= 11 is 3.51. The van der Waals surface area contributed by atoms with Gasteiger partial charge in [-0.1, -0.05) is 35.7 Å². The highest BCUT2D eigenvalue weighted by Gasteiger charge is 2.32. The second-order valence-corrected chi connectivity index (χ2v) is 5.08. The van der Waals surface area contributed by atoms with E-state index in [4.69, 9.17) is 11.1 Å². The zero-order valence-corrected chi connectivity index (χ0v) is 13.9. The monoisotopic (exact) mass is 407 g/mol. The fraction of sp³-hybridized carbons (Fsp3) is 0.889. The number of nitrogens with two attached hydrogens (primary N) is 1. The quantitative estimate of drug-likeness (QED) is 0.273. The minimum absolute atomic E-state index is 0. The summed E-state index contributed by atoms with van der Waals surface area (Å²) in [5.74, 6) is 1.07.